The molecule has 1 unspecified atom stereocenters. The molecule has 4 heteroatoms. The minimum Gasteiger partial charge on any atom is -0.273 e. The molecule has 1 amide bonds. The minimum atomic E-state index is -0.0215. The van der Waals surface area contributed by atoms with Gasteiger partial charge in [0.2, 0.25) is 5.91 Å². The first kappa shape index (κ1) is 10.1. The third-order valence-electron chi connectivity index (χ3n) is 3.02. The first-order valence-corrected chi connectivity index (χ1v) is 5.60. The quantitative estimate of drug-likeness (QED) is 0.681. The molecule has 0 saturated carbocycles. The van der Waals surface area contributed by atoms with E-state index in [1.165, 1.54) is 0 Å². The molecule has 0 fully saturated rings. The van der Waals surface area contributed by atoms with Crippen LogP contribution in [0.15, 0.2) is 41.5 Å². The first-order valence-electron chi connectivity index (χ1n) is 5.60. The van der Waals surface area contributed by atoms with E-state index in [0.29, 0.717) is 0 Å². The zero-order chi connectivity index (χ0) is 12.0. The third kappa shape index (κ3) is 1.37. The summed E-state index contributed by atoms with van der Waals surface area (Å²) in [6, 6.07) is 7.95. The van der Waals surface area contributed by atoms with Crippen LogP contribution >= 0.6 is 0 Å². The van der Waals surface area contributed by atoms with E-state index in [2.05, 4.69) is 11.2 Å². The van der Waals surface area contributed by atoms with E-state index in [0.717, 1.165) is 17.0 Å². The smallest absolute Gasteiger partial charge is 0.244 e. The normalized spacial score (nSPS) is 21.1. The third-order valence-corrected chi connectivity index (χ3v) is 3.02. The largest absolute Gasteiger partial charge is 0.273 e. The number of nitrogens with zero attached hydrogens (tertiary/aromatic N) is 3. The number of carbonyl (C=O) groups is 1. The molecule has 0 radical (unpaired) electrons. The van der Waals surface area contributed by atoms with Crippen molar-refractivity contribution in [3.8, 4) is 0 Å². The van der Waals surface area contributed by atoms with Crippen molar-refractivity contribution in [1.29, 1.82) is 0 Å². The highest BCUT2D eigenvalue weighted by Crippen LogP contribution is 2.42. The second-order valence-corrected chi connectivity index (χ2v) is 4.26. The molecule has 2 aliphatic heterocycles. The molecule has 0 bridgehead atoms. The Labute approximate surface area is 99.8 Å². The summed E-state index contributed by atoms with van der Waals surface area (Å²) in [6.45, 7) is 3.48. The van der Waals surface area contributed by atoms with Crippen molar-refractivity contribution in [1.82, 2.24) is 5.12 Å². The van der Waals surface area contributed by atoms with Crippen LogP contribution in [0.2, 0.25) is 0 Å². The van der Waals surface area contributed by atoms with Gasteiger partial charge in [-0.3, -0.25) is 4.79 Å². The Kier molecular flexibility index (Phi) is 2.04. The monoisotopic (exact) mass is 227 g/mol. The number of benzene rings is 1. The Balaban J connectivity index is 2.17. The second-order valence-electron chi connectivity index (χ2n) is 4.26. The van der Waals surface area contributed by atoms with Crippen LogP contribution in [0.4, 0.5) is 5.69 Å². The Bertz CT molecular complexity index is 547. The molecule has 4 nitrogen and oxygen atoms in total. The van der Waals surface area contributed by atoms with Crippen molar-refractivity contribution >= 4 is 17.3 Å². The molecule has 1 aromatic carbocycles. The predicted molar refractivity (Wildman–Crippen MR) is 66.4 cm³/mol. The summed E-state index contributed by atoms with van der Waals surface area (Å²) in [5, 5.41) is 7.81. The van der Waals surface area contributed by atoms with Gasteiger partial charge in [0.05, 0.1) is 11.4 Å². The fourth-order valence-corrected chi connectivity index (χ4v) is 2.32. The van der Waals surface area contributed by atoms with Crippen LogP contribution in [0.5, 0.6) is 0 Å². The molecule has 0 aromatic heterocycles. The van der Waals surface area contributed by atoms with Gasteiger partial charge in [-0.1, -0.05) is 24.3 Å². The lowest BCUT2D eigenvalue weighted by Gasteiger charge is -2.29. The second kappa shape index (κ2) is 3.45. The van der Waals surface area contributed by atoms with Gasteiger partial charge in [0.25, 0.3) is 0 Å². The molecule has 0 spiro atoms. The first-order chi connectivity index (χ1) is 8.18. The summed E-state index contributed by atoms with van der Waals surface area (Å²) in [7, 11) is 0. The van der Waals surface area contributed by atoms with E-state index in [1.807, 2.05) is 37.3 Å². The Morgan fingerprint density at radius 1 is 1.35 bits per heavy atom. The molecule has 0 saturated heterocycles. The van der Waals surface area contributed by atoms with Crippen molar-refractivity contribution in [2.45, 2.75) is 19.9 Å². The fraction of sp³-hybridized carbons (Fsp3) is 0.231. The summed E-state index contributed by atoms with van der Waals surface area (Å²) in [5.74, 6) is -0.0215. The molecular formula is C13H13N3O. The van der Waals surface area contributed by atoms with Crippen molar-refractivity contribution in [3.63, 3.8) is 0 Å². The Hall–Kier alpha value is -2.10. The van der Waals surface area contributed by atoms with Crippen LogP contribution in [-0.4, -0.2) is 16.7 Å². The molecular weight excluding hydrogens is 214 g/mol. The average Bonchev–Trinajstić information content (AvgIpc) is 2.62. The summed E-state index contributed by atoms with van der Waals surface area (Å²) in [4.78, 5) is 11.8. The Morgan fingerprint density at radius 3 is 2.88 bits per heavy atom. The molecule has 2 heterocycles. The molecule has 2 aliphatic rings. The molecule has 1 aromatic rings. The lowest BCUT2D eigenvalue weighted by Crippen LogP contribution is -2.40. The van der Waals surface area contributed by atoms with Crippen LogP contribution < -0.4 is 5.01 Å². The van der Waals surface area contributed by atoms with Gasteiger partial charge in [0, 0.05) is 12.5 Å². The van der Waals surface area contributed by atoms with E-state index in [4.69, 9.17) is 0 Å². The number of hydrazone groups is 1. The number of para-hydroxylation sites is 1. The van der Waals surface area contributed by atoms with Crippen LogP contribution in [-0.2, 0) is 4.79 Å². The number of fused-ring (bicyclic) bond motifs is 3. The summed E-state index contributed by atoms with van der Waals surface area (Å²) in [6.07, 6.45) is 4.06. The molecule has 0 N–H and O–H groups in total. The van der Waals surface area contributed by atoms with E-state index in [-0.39, 0.29) is 11.9 Å². The van der Waals surface area contributed by atoms with Crippen LogP contribution in [0.25, 0.3) is 0 Å². The maximum Gasteiger partial charge on any atom is 0.244 e. The number of carbonyl (C=O) groups excluding carboxylic acids is 1. The number of allylic oxidation sites excluding steroid dienone is 1. The van der Waals surface area contributed by atoms with E-state index < -0.39 is 0 Å². The van der Waals surface area contributed by atoms with Crippen molar-refractivity contribution in [3.05, 3.63) is 42.0 Å². The maximum atomic E-state index is 11.8. The van der Waals surface area contributed by atoms with Crippen LogP contribution in [0, 0.1) is 0 Å². The number of hydrogen-bond acceptors (Lipinski definition) is 3. The number of amides is 1. The van der Waals surface area contributed by atoms with E-state index >= 15 is 0 Å². The van der Waals surface area contributed by atoms with Gasteiger partial charge in [-0.25, -0.2) is 5.01 Å². The molecule has 0 aliphatic carbocycles. The zero-order valence-corrected chi connectivity index (χ0v) is 9.79. The number of rotatable bonds is 0. The van der Waals surface area contributed by atoms with Gasteiger partial charge in [-0.2, -0.15) is 10.2 Å². The van der Waals surface area contributed by atoms with Crippen molar-refractivity contribution in [2.24, 2.45) is 5.10 Å². The van der Waals surface area contributed by atoms with E-state index in [9.17, 15) is 4.79 Å². The molecule has 3 rings (SSSR count). The van der Waals surface area contributed by atoms with Gasteiger partial charge in [-0.05, 0) is 19.1 Å². The number of hydrogen-bond donors (Lipinski definition) is 0. The van der Waals surface area contributed by atoms with Crippen LogP contribution in [0.1, 0.15) is 25.5 Å². The number of hydrazine groups is 1. The summed E-state index contributed by atoms with van der Waals surface area (Å²) in [5.41, 5.74) is 2.95. The highest BCUT2D eigenvalue weighted by Gasteiger charge is 2.37. The van der Waals surface area contributed by atoms with Crippen molar-refractivity contribution in [2.75, 3.05) is 5.01 Å². The van der Waals surface area contributed by atoms with Gasteiger partial charge >= 0.3 is 0 Å². The molecule has 1 atom stereocenters. The van der Waals surface area contributed by atoms with Crippen molar-refractivity contribution < 1.29 is 4.79 Å². The van der Waals surface area contributed by atoms with Gasteiger partial charge in [-0.15, -0.1) is 0 Å². The fourth-order valence-electron chi connectivity index (χ4n) is 2.32. The SMILES string of the molecule is CC(=O)N1c2ccccc2C2C=CC(C)=NN21. The topological polar surface area (TPSA) is 35.9 Å². The molecule has 17 heavy (non-hydrogen) atoms. The van der Waals surface area contributed by atoms with Gasteiger partial charge in [0.15, 0.2) is 0 Å². The van der Waals surface area contributed by atoms with Gasteiger partial charge < -0.3 is 0 Å². The maximum absolute atomic E-state index is 11.8. The highest BCUT2D eigenvalue weighted by molar-refractivity contribution is 5.97. The zero-order valence-electron chi connectivity index (χ0n) is 9.79. The summed E-state index contributed by atoms with van der Waals surface area (Å²) < 4.78 is 0. The van der Waals surface area contributed by atoms with Crippen LogP contribution in [0.3, 0.4) is 0 Å². The minimum absolute atomic E-state index is 0.0215. The summed E-state index contributed by atoms with van der Waals surface area (Å²) >= 11 is 0. The van der Waals surface area contributed by atoms with Gasteiger partial charge in [0.1, 0.15) is 6.04 Å². The standard InChI is InChI=1S/C13H13N3O/c1-9-7-8-13-11-5-3-4-6-12(11)15(10(2)17)16(13)14-9/h3-8,13H,1-2H3. The van der Waals surface area contributed by atoms with E-state index in [1.54, 1.807) is 17.1 Å². The lowest BCUT2D eigenvalue weighted by atomic mass is 10.1. The molecule has 86 valence electrons. The Morgan fingerprint density at radius 2 is 2.12 bits per heavy atom. The number of anilines is 1. The highest BCUT2D eigenvalue weighted by atomic mass is 16.2. The predicted octanol–water partition coefficient (Wildman–Crippen LogP) is 2.26. The lowest BCUT2D eigenvalue weighted by molar-refractivity contribution is -0.119. The average molecular weight is 227 g/mol.